The molecule has 1 unspecified atom stereocenters. The zero-order valence-corrected chi connectivity index (χ0v) is 10.6. The first kappa shape index (κ1) is 16.2. The number of amides is 3. The number of aliphatic hydroxyl groups is 1. The Morgan fingerprint density at radius 2 is 1.83 bits per heavy atom. The van der Waals surface area contributed by atoms with Crippen LogP contribution in [0.4, 0.5) is 4.79 Å². The molecular weight excluding hydrogens is 242 g/mol. The van der Waals surface area contributed by atoms with E-state index in [1.165, 1.54) is 7.05 Å². The van der Waals surface area contributed by atoms with Crippen molar-refractivity contribution in [3.05, 3.63) is 0 Å². The first-order chi connectivity index (χ1) is 8.24. The molecule has 0 saturated carbocycles. The van der Waals surface area contributed by atoms with Gasteiger partial charge in [0.25, 0.3) is 0 Å². The molecule has 104 valence electrons. The lowest BCUT2D eigenvalue weighted by Crippen LogP contribution is -2.51. The second-order valence-electron chi connectivity index (χ2n) is 4.36. The van der Waals surface area contributed by atoms with E-state index in [2.05, 4.69) is 16.0 Å². The second kappa shape index (κ2) is 6.80. The maximum absolute atomic E-state index is 11.4. The number of hydrogen-bond acceptors (Lipinski definition) is 4. The molecule has 5 N–H and O–H groups in total. The van der Waals surface area contributed by atoms with Crippen LogP contribution < -0.4 is 16.0 Å². The van der Waals surface area contributed by atoms with Gasteiger partial charge in [0.05, 0.1) is 12.0 Å². The summed E-state index contributed by atoms with van der Waals surface area (Å²) in [5.74, 6) is -1.59. The number of urea groups is 1. The number of carboxylic acids is 1. The molecule has 0 saturated heterocycles. The predicted molar refractivity (Wildman–Crippen MR) is 62.9 cm³/mol. The molecular formula is C10H19N3O5. The molecule has 0 aliphatic carbocycles. The molecule has 1 atom stereocenters. The van der Waals surface area contributed by atoms with Crippen LogP contribution in [0.1, 0.15) is 13.8 Å². The Labute approximate surface area is 105 Å². The third-order valence-corrected chi connectivity index (χ3v) is 2.32. The van der Waals surface area contributed by atoms with Gasteiger partial charge in [-0.1, -0.05) is 0 Å². The fraction of sp³-hybridized carbons (Fsp3) is 0.700. The average Bonchev–Trinajstić information content (AvgIpc) is 2.31. The quantitative estimate of drug-likeness (QED) is 0.398. The topological polar surface area (TPSA) is 128 Å². The molecule has 8 heteroatoms. The van der Waals surface area contributed by atoms with Crippen LogP contribution in [0.2, 0.25) is 0 Å². The first-order valence-electron chi connectivity index (χ1n) is 5.34. The summed E-state index contributed by atoms with van der Waals surface area (Å²) >= 11 is 0. The fourth-order valence-corrected chi connectivity index (χ4v) is 1.11. The maximum atomic E-state index is 11.4. The van der Waals surface area contributed by atoms with Crippen LogP contribution in [0, 0.1) is 5.41 Å². The molecule has 0 radical (unpaired) electrons. The normalized spacial score (nSPS) is 12.4. The second-order valence-corrected chi connectivity index (χ2v) is 4.36. The van der Waals surface area contributed by atoms with E-state index in [0.717, 1.165) is 0 Å². The number of aliphatic hydroxyl groups excluding tert-OH is 1. The maximum Gasteiger partial charge on any atom is 0.328 e. The Kier molecular flexibility index (Phi) is 6.11. The first-order valence-corrected chi connectivity index (χ1v) is 5.34. The summed E-state index contributed by atoms with van der Waals surface area (Å²) in [5.41, 5.74) is -0.815. The van der Waals surface area contributed by atoms with Crippen molar-refractivity contribution < 1.29 is 24.6 Å². The summed E-state index contributed by atoms with van der Waals surface area (Å²) < 4.78 is 0. The van der Waals surface area contributed by atoms with Gasteiger partial charge in [-0.25, -0.2) is 9.59 Å². The van der Waals surface area contributed by atoms with Crippen molar-refractivity contribution in [2.24, 2.45) is 5.41 Å². The van der Waals surface area contributed by atoms with Gasteiger partial charge in [-0.05, 0) is 13.8 Å². The van der Waals surface area contributed by atoms with Gasteiger partial charge >= 0.3 is 12.0 Å². The highest BCUT2D eigenvalue weighted by Gasteiger charge is 2.27. The van der Waals surface area contributed by atoms with E-state index in [0.29, 0.717) is 0 Å². The lowest BCUT2D eigenvalue weighted by atomic mass is 9.92. The third kappa shape index (κ3) is 5.00. The minimum Gasteiger partial charge on any atom is -0.480 e. The molecule has 18 heavy (non-hydrogen) atoms. The van der Waals surface area contributed by atoms with Gasteiger partial charge in [0, 0.05) is 13.6 Å². The van der Waals surface area contributed by atoms with Crippen molar-refractivity contribution in [3.8, 4) is 0 Å². The van der Waals surface area contributed by atoms with E-state index in [-0.39, 0.29) is 12.5 Å². The molecule has 8 nitrogen and oxygen atoms in total. The van der Waals surface area contributed by atoms with Crippen LogP contribution in [0.15, 0.2) is 0 Å². The van der Waals surface area contributed by atoms with Crippen molar-refractivity contribution in [1.82, 2.24) is 16.0 Å². The molecule has 0 bridgehead atoms. The average molecular weight is 261 g/mol. The number of carboxylic acid groups (broad SMARTS) is 1. The predicted octanol–water partition coefficient (Wildman–Crippen LogP) is -1.50. The van der Waals surface area contributed by atoms with Crippen LogP contribution in [0.3, 0.4) is 0 Å². The minimum absolute atomic E-state index is 0.0380. The van der Waals surface area contributed by atoms with Crippen molar-refractivity contribution in [3.63, 3.8) is 0 Å². The Hall–Kier alpha value is -1.83. The van der Waals surface area contributed by atoms with Crippen LogP contribution in [-0.2, 0) is 9.59 Å². The van der Waals surface area contributed by atoms with Gasteiger partial charge in [-0.15, -0.1) is 0 Å². The smallest absolute Gasteiger partial charge is 0.328 e. The lowest BCUT2D eigenvalue weighted by Gasteiger charge is -2.23. The zero-order chi connectivity index (χ0) is 14.3. The van der Waals surface area contributed by atoms with E-state index in [4.69, 9.17) is 10.2 Å². The van der Waals surface area contributed by atoms with Gasteiger partial charge in [-0.3, -0.25) is 4.79 Å². The van der Waals surface area contributed by atoms with E-state index in [9.17, 15) is 14.4 Å². The fourth-order valence-electron chi connectivity index (χ4n) is 1.11. The van der Waals surface area contributed by atoms with E-state index >= 15 is 0 Å². The van der Waals surface area contributed by atoms with Crippen molar-refractivity contribution in [1.29, 1.82) is 0 Å². The van der Waals surface area contributed by atoms with Gasteiger partial charge in [0.1, 0.15) is 0 Å². The molecule has 0 aliphatic heterocycles. The Morgan fingerprint density at radius 3 is 2.22 bits per heavy atom. The molecule has 3 amide bonds. The minimum atomic E-state index is -1.37. The largest absolute Gasteiger partial charge is 0.480 e. The summed E-state index contributed by atoms with van der Waals surface area (Å²) in [4.78, 5) is 33.3. The number of nitrogens with one attached hydrogen (secondary N) is 3. The molecule has 0 aromatic heterocycles. The molecule has 0 rings (SSSR count). The van der Waals surface area contributed by atoms with E-state index in [1.54, 1.807) is 13.8 Å². The molecule has 0 fully saturated rings. The van der Waals surface area contributed by atoms with Crippen molar-refractivity contribution in [2.45, 2.75) is 19.9 Å². The Bertz CT molecular complexity index is 329. The van der Waals surface area contributed by atoms with E-state index < -0.39 is 30.1 Å². The summed E-state index contributed by atoms with van der Waals surface area (Å²) in [6.45, 7) is 2.59. The summed E-state index contributed by atoms with van der Waals surface area (Å²) in [6, 6.07) is -2.12. The summed E-state index contributed by atoms with van der Waals surface area (Å²) in [6.07, 6.45) is 0. The summed E-state index contributed by atoms with van der Waals surface area (Å²) in [7, 11) is 1.48. The molecule has 0 heterocycles. The standard InChI is InChI=1S/C10H19N3O5/c1-10(2,8(17)11-3)5-12-9(18)13-6(4-14)7(15)16/h6,14H,4-5H2,1-3H3,(H,11,17)(H,15,16)(H2,12,13,18). The van der Waals surface area contributed by atoms with Crippen molar-refractivity contribution >= 4 is 17.9 Å². The van der Waals surface area contributed by atoms with Crippen molar-refractivity contribution in [2.75, 3.05) is 20.2 Å². The molecule has 0 aromatic carbocycles. The Morgan fingerprint density at radius 1 is 1.28 bits per heavy atom. The van der Waals surface area contributed by atoms with Crippen LogP contribution in [0.5, 0.6) is 0 Å². The van der Waals surface area contributed by atoms with Crippen LogP contribution in [0.25, 0.3) is 0 Å². The number of aliphatic carboxylic acids is 1. The molecule has 0 aliphatic rings. The highest BCUT2D eigenvalue weighted by atomic mass is 16.4. The van der Waals surface area contributed by atoms with Gasteiger partial charge < -0.3 is 26.2 Å². The van der Waals surface area contributed by atoms with Gasteiger partial charge in [-0.2, -0.15) is 0 Å². The third-order valence-electron chi connectivity index (χ3n) is 2.32. The van der Waals surface area contributed by atoms with E-state index in [1.807, 2.05) is 0 Å². The zero-order valence-electron chi connectivity index (χ0n) is 10.6. The van der Waals surface area contributed by atoms with Crippen LogP contribution in [-0.4, -0.2) is 54.4 Å². The lowest BCUT2D eigenvalue weighted by molar-refractivity contribution is -0.140. The highest BCUT2D eigenvalue weighted by molar-refractivity contribution is 5.84. The summed E-state index contributed by atoms with van der Waals surface area (Å²) in [5, 5.41) is 24.2. The SMILES string of the molecule is CNC(=O)C(C)(C)CNC(=O)NC(CO)C(=O)O. The van der Waals surface area contributed by atoms with Crippen LogP contribution >= 0.6 is 0 Å². The van der Waals surface area contributed by atoms with Gasteiger partial charge in [0.2, 0.25) is 5.91 Å². The monoisotopic (exact) mass is 261 g/mol. The van der Waals surface area contributed by atoms with Gasteiger partial charge in [0.15, 0.2) is 6.04 Å². The number of carbonyl (C=O) groups is 3. The molecule has 0 aromatic rings. The molecule has 0 spiro atoms. The highest BCUT2D eigenvalue weighted by Crippen LogP contribution is 2.12. The number of carbonyl (C=O) groups excluding carboxylic acids is 2. The Balaban J connectivity index is 4.26. The number of hydrogen-bond donors (Lipinski definition) is 5. The number of rotatable bonds is 6.